The molecule has 0 spiro atoms. The van der Waals surface area contributed by atoms with E-state index < -0.39 is 0 Å². The number of hydrogen-bond acceptors (Lipinski definition) is 4. The van der Waals surface area contributed by atoms with E-state index in [4.69, 9.17) is 0 Å². The summed E-state index contributed by atoms with van der Waals surface area (Å²) in [5, 5.41) is 5.46. The monoisotopic (exact) mass is 261 g/mol. The average Bonchev–Trinajstić information content (AvgIpc) is 2.78. The second-order valence-corrected chi connectivity index (χ2v) is 5.17. The Kier molecular flexibility index (Phi) is 4.04. The molecule has 0 aliphatic rings. The second-order valence-electron chi connectivity index (χ2n) is 4.31. The minimum Gasteiger partial charge on any atom is -0.302 e. The van der Waals surface area contributed by atoms with E-state index in [1.54, 1.807) is 12.4 Å². The molecule has 2 heterocycles. The Morgan fingerprint density at radius 2 is 2.11 bits per heavy atom. The normalized spacial score (nSPS) is 10.6. The van der Waals surface area contributed by atoms with Crippen LogP contribution >= 0.6 is 11.3 Å². The van der Waals surface area contributed by atoms with Crippen LogP contribution in [0.2, 0.25) is 0 Å². The molecule has 18 heavy (non-hydrogen) atoms. The van der Waals surface area contributed by atoms with E-state index in [1.165, 1.54) is 11.3 Å². The quantitative estimate of drug-likeness (QED) is 0.920. The topological polar surface area (TPSA) is 54.9 Å². The fourth-order valence-electron chi connectivity index (χ4n) is 1.46. The molecule has 0 atom stereocenters. The molecule has 0 radical (unpaired) electrons. The zero-order valence-corrected chi connectivity index (χ0v) is 11.2. The Balaban J connectivity index is 1.95. The number of thiazole rings is 1. The van der Waals surface area contributed by atoms with E-state index >= 15 is 0 Å². The van der Waals surface area contributed by atoms with Gasteiger partial charge in [-0.15, -0.1) is 11.3 Å². The molecule has 2 aromatic heterocycles. The van der Waals surface area contributed by atoms with Crippen LogP contribution in [0, 0.1) is 0 Å². The lowest BCUT2D eigenvalue weighted by molar-refractivity contribution is -0.115. The van der Waals surface area contributed by atoms with Gasteiger partial charge in [-0.1, -0.05) is 13.8 Å². The largest absolute Gasteiger partial charge is 0.302 e. The number of carbonyl (C=O) groups excluding carboxylic acids is 1. The fraction of sp³-hybridized carbons (Fsp3) is 0.308. The minimum atomic E-state index is -0.0501. The van der Waals surface area contributed by atoms with Gasteiger partial charge in [0, 0.05) is 17.8 Å². The summed E-state index contributed by atoms with van der Waals surface area (Å²) in [7, 11) is 0. The average molecular weight is 261 g/mol. The predicted octanol–water partition coefficient (Wildman–Crippen LogP) is 2.84. The van der Waals surface area contributed by atoms with Crippen LogP contribution in [-0.2, 0) is 11.2 Å². The zero-order chi connectivity index (χ0) is 13.0. The van der Waals surface area contributed by atoms with E-state index in [0.717, 1.165) is 11.3 Å². The minimum absolute atomic E-state index is 0.0501. The van der Waals surface area contributed by atoms with Gasteiger partial charge in [0.05, 0.1) is 12.1 Å². The number of aromatic nitrogens is 2. The smallest absolute Gasteiger partial charge is 0.230 e. The highest BCUT2D eigenvalue weighted by Gasteiger charge is 2.09. The van der Waals surface area contributed by atoms with Gasteiger partial charge in [-0.25, -0.2) is 4.98 Å². The number of rotatable bonds is 4. The molecule has 0 saturated carbocycles. The van der Waals surface area contributed by atoms with Crippen molar-refractivity contribution in [1.29, 1.82) is 0 Å². The first-order chi connectivity index (χ1) is 8.65. The van der Waals surface area contributed by atoms with E-state index in [-0.39, 0.29) is 5.91 Å². The van der Waals surface area contributed by atoms with Crippen LogP contribution in [0.3, 0.4) is 0 Å². The molecule has 1 amide bonds. The van der Waals surface area contributed by atoms with Gasteiger partial charge in [-0.05, 0) is 23.6 Å². The van der Waals surface area contributed by atoms with Gasteiger partial charge in [0.1, 0.15) is 0 Å². The summed E-state index contributed by atoms with van der Waals surface area (Å²) in [6.45, 7) is 4.16. The van der Waals surface area contributed by atoms with Crippen LogP contribution < -0.4 is 5.32 Å². The van der Waals surface area contributed by atoms with Crippen molar-refractivity contribution in [2.45, 2.75) is 26.2 Å². The maximum Gasteiger partial charge on any atom is 0.230 e. The van der Waals surface area contributed by atoms with Crippen molar-refractivity contribution < 1.29 is 4.79 Å². The number of amides is 1. The van der Waals surface area contributed by atoms with Crippen LogP contribution in [-0.4, -0.2) is 15.9 Å². The van der Waals surface area contributed by atoms with E-state index in [9.17, 15) is 4.79 Å². The fourth-order valence-corrected chi connectivity index (χ4v) is 2.35. The van der Waals surface area contributed by atoms with Crippen molar-refractivity contribution in [3.05, 3.63) is 41.2 Å². The standard InChI is InChI=1S/C13H15N3OS/c1-9(2)11-8-18-13(15-11)16-12(17)7-10-3-5-14-6-4-10/h3-6,8-9H,7H2,1-2H3,(H,15,16,17). The molecular weight excluding hydrogens is 246 g/mol. The van der Waals surface area contributed by atoms with Gasteiger partial charge in [0.25, 0.3) is 0 Å². The highest BCUT2D eigenvalue weighted by molar-refractivity contribution is 7.13. The highest BCUT2D eigenvalue weighted by Crippen LogP contribution is 2.21. The number of nitrogens with one attached hydrogen (secondary N) is 1. The molecule has 94 valence electrons. The molecule has 0 fully saturated rings. The maximum atomic E-state index is 11.8. The molecule has 0 saturated heterocycles. The Labute approximate surface area is 110 Å². The van der Waals surface area contributed by atoms with Crippen LogP contribution in [0.15, 0.2) is 29.9 Å². The van der Waals surface area contributed by atoms with Gasteiger partial charge in [0.2, 0.25) is 5.91 Å². The molecule has 0 bridgehead atoms. The third kappa shape index (κ3) is 3.37. The number of hydrogen-bond donors (Lipinski definition) is 1. The SMILES string of the molecule is CC(C)c1csc(NC(=O)Cc2ccncc2)n1. The van der Waals surface area contributed by atoms with Crippen molar-refractivity contribution in [2.75, 3.05) is 5.32 Å². The van der Waals surface area contributed by atoms with E-state index in [2.05, 4.69) is 29.1 Å². The first-order valence-corrected chi connectivity index (χ1v) is 6.67. The molecule has 2 rings (SSSR count). The Bertz CT molecular complexity index is 522. The molecule has 0 aliphatic carbocycles. The summed E-state index contributed by atoms with van der Waals surface area (Å²) in [6.07, 6.45) is 3.71. The number of pyridine rings is 1. The van der Waals surface area contributed by atoms with E-state index in [0.29, 0.717) is 17.5 Å². The molecule has 0 aliphatic heterocycles. The van der Waals surface area contributed by atoms with Crippen LogP contribution in [0.4, 0.5) is 5.13 Å². The summed E-state index contributed by atoms with van der Waals surface area (Å²) in [4.78, 5) is 20.1. The van der Waals surface area contributed by atoms with Gasteiger partial charge in [-0.2, -0.15) is 0 Å². The van der Waals surface area contributed by atoms with Crippen LogP contribution in [0.5, 0.6) is 0 Å². The Morgan fingerprint density at radius 1 is 1.39 bits per heavy atom. The number of nitrogens with zero attached hydrogens (tertiary/aromatic N) is 2. The Morgan fingerprint density at radius 3 is 2.72 bits per heavy atom. The Hall–Kier alpha value is -1.75. The van der Waals surface area contributed by atoms with Gasteiger partial charge < -0.3 is 5.32 Å². The molecule has 0 unspecified atom stereocenters. The lowest BCUT2D eigenvalue weighted by atomic mass is 10.2. The van der Waals surface area contributed by atoms with E-state index in [1.807, 2.05) is 17.5 Å². The molecular formula is C13H15N3OS. The number of anilines is 1. The first-order valence-electron chi connectivity index (χ1n) is 5.79. The van der Waals surface area contributed by atoms with Crippen LogP contribution in [0.25, 0.3) is 0 Å². The molecule has 2 aromatic rings. The predicted molar refractivity (Wildman–Crippen MR) is 72.8 cm³/mol. The van der Waals surface area contributed by atoms with Crippen LogP contribution in [0.1, 0.15) is 31.0 Å². The van der Waals surface area contributed by atoms with Crippen molar-refractivity contribution >= 4 is 22.4 Å². The molecule has 1 N–H and O–H groups in total. The zero-order valence-electron chi connectivity index (χ0n) is 10.4. The first kappa shape index (κ1) is 12.7. The van der Waals surface area contributed by atoms with Crippen molar-refractivity contribution in [1.82, 2.24) is 9.97 Å². The lowest BCUT2D eigenvalue weighted by Crippen LogP contribution is -2.14. The summed E-state index contributed by atoms with van der Waals surface area (Å²) >= 11 is 1.46. The summed E-state index contributed by atoms with van der Waals surface area (Å²) < 4.78 is 0. The lowest BCUT2D eigenvalue weighted by Gasteiger charge is -2.02. The maximum absolute atomic E-state index is 11.8. The molecule has 4 nitrogen and oxygen atoms in total. The van der Waals surface area contributed by atoms with Crippen molar-refractivity contribution in [3.8, 4) is 0 Å². The summed E-state index contributed by atoms with van der Waals surface area (Å²) in [5.74, 6) is 0.331. The number of carbonyl (C=O) groups is 1. The third-order valence-electron chi connectivity index (χ3n) is 2.47. The summed E-state index contributed by atoms with van der Waals surface area (Å²) in [6, 6.07) is 3.67. The van der Waals surface area contributed by atoms with Crippen molar-refractivity contribution in [2.24, 2.45) is 0 Å². The summed E-state index contributed by atoms with van der Waals surface area (Å²) in [5.41, 5.74) is 1.96. The second kappa shape index (κ2) is 5.73. The van der Waals surface area contributed by atoms with Crippen molar-refractivity contribution in [3.63, 3.8) is 0 Å². The third-order valence-corrected chi connectivity index (χ3v) is 3.25. The molecule has 5 heteroatoms. The highest BCUT2D eigenvalue weighted by atomic mass is 32.1. The molecule has 0 aromatic carbocycles. The van der Waals surface area contributed by atoms with Gasteiger partial charge in [-0.3, -0.25) is 9.78 Å². The van der Waals surface area contributed by atoms with Gasteiger partial charge >= 0.3 is 0 Å². The van der Waals surface area contributed by atoms with Gasteiger partial charge in [0.15, 0.2) is 5.13 Å².